The second-order valence-corrected chi connectivity index (χ2v) is 8.57. The Morgan fingerprint density at radius 1 is 0.879 bits per heavy atom. The summed E-state index contributed by atoms with van der Waals surface area (Å²) in [6, 6.07) is 15.6. The molecule has 0 radical (unpaired) electrons. The van der Waals surface area contributed by atoms with Crippen molar-refractivity contribution in [3.05, 3.63) is 93.7 Å². The second-order valence-electron chi connectivity index (χ2n) is 8.57. The molecule has 2 aromatic heterocycles. The number of hydrogen-bond acceptors (Lipinski definition) is 5. The molecule has 0 bridgehead atoms. The molecule has 0 fully saturated rings. The Bertz CT molecular complexity index is 1420. The van der Waals surface area contributed by atoms with Gasteiger partial charge in [-0.05, 0) is 23.6 Å². The van der Waals surface area contributed by atoms with Gasteiger partial charge in [0.15, 0.2) is 5.65 Å². The zero-order chi connectivity index (χ0) is 23.3. The molecule has 2 amide bonds. The molecule has 33 heavy (non-hydrogen) atoms. The van der Waals surface area contributed by atoms with Gasteiger partial charge in [0.25, 0.3) is 17.4 Å². The number of carbonyl (C=O) groups is 2. The smallest absolute Gasteiger partial charge is 0.265 e. The number of amides is 2. The highest BCUT2D eigenvalue weighted by Crippen LogP contribution is 2.35. The molecule has 0 spiro atoms. The second kappa shape index (κ2) is 7.81. The van der Waals surface area contributed by atoms with Gasteiger partial charge in [-0.1, -0.05) is 56.3 Å². The Labute approximate surface area is 190 Å². The van der Waals surface area contributed by atoms with Gasteiger partial charge < -0.3 is 0 Å². The molecule has 2 aromatic carbocycles. The molecule has 5 rings (SSSR count). The monoisotopic (exact) mass is 441 g/mol. The summed E-state index contributed by atoms with van der Waals surface area (Å²) in [6.45, 7) is 4.10. The first kappa shape index (κ1) is 20.8. The first-order valence-electron chi connectivity index (χ1n) is 10.8. The molecular weight excluding hydrogens is 418 g/mol. The van der Waals surface area contributed by atoms with Crippen LogP contribution in [0.5, 0.6) is 0 Å². The molecule has 8 heteroatoms. The Balaban J connectivity index is 1.74. The third-order valence-corrected chi connectivity index (χ3v) is 6.06. The number of imide groups is 1. The minimum Gasteiger partial charge on any atom is -0.290 e. The molecule has 0 saturated carbocycles. The van der Waals surface area contributed by atoms with Crippen LogP contribution in [-0.4, -0.2) is 36.0 Å². The van der Waals surface area contributed by atoms with Crippen molar-refractivity contribution >= 4 is 22.8 Å². The number of benzene rings is 2. The summed E-state index contributed by atoms with van der Waals surface area (Å²) in [6.07, 6.45) is 1.50. The topological polar surface area (TPSA) is 90.1 Å². The van der Waals surface area contributed by atoms with Crippen molar-refractivity contribution in [2.24, 2.45) is 13.0 Å². The van der Waals surface area contributed by atoms with Crippen molar-refractivity contribution in [2.45, 2.75) is 26.4 Å². The summed E-state index contributed by atoms with van der Waals surface area (Å²) in [4.78, 5) is 46.3. The Hall–Kier alpha value is -4.07. The maximum atomic E-state index is 13.6. The zero-order valence-electron chi connectivity index (χ0n) is 18.6. The highest BCUT2D eigenvalue weighted by molar-refractivity contribution is 6.21. The third kappa shape index (κ3) is 3.26. The van der Waals surface area contributed by atoms with E-state index in [4.69, 9.17) is 4.98 Å². The number of aryl methyl sites for hydroxylation is 1. The molecule has 1 unspecified atom stereocenters. The molecule has 1 aliphatic heterocycles. The number of fused-ring (bicyclic) bond motifs is 2. The SMILES string of the molecule is CC(C)C(c1nc2c(cnn2C)c(=O)n1Cc1ccccc1)N1C(=O)c2ccccc2C1=O. The van der Waals surface area contributed by atoms with Gasteiger partial charge in [-0.3, -0.25) is 28.5 Å². The maximum absolute atomic E-state index is 13.6. The van der Waals surface area contributed by atoms with E-state index in [-0.39, 0.29) is 29.8 Å². The van der Waals surface area contributed by atoms with Crippen LogP contribution in [0.1, 0.15) is 52.0 Å². The zero-order valence-corrected chi connectivity index (χ0v) is 18.6. The van der Waals surface area contributed by atoms with Crippen molar-refractivity contribution in [3.63, 3.8) is 0 Å². The van der Waals surface area contributed by atoms with E-state index in [0.29, 0.717) is 28.0 Å². The van der Waals surface area contributed by atoms with Crippen molar-refractivity contribution in [3.8, 4) is 0 Å². The molecule has 3 heterocycles. The van der Waals surface area contributed by atoms with E-state index in [9.17, 15) is 14.4 Å². The summed E-state index contributed by atoms with van der Waals surface area (Å²) in [5, 5.41) is 4.59. The molecule has 0 saturated heterocycles. The minimum atomic E-state index is -0.729. The van der Waals surface area contributed by atoms with Gasteiger partial charge in [0, 0.05) is 7.05 Å². The molecule has 1 atom stereocenters. The summed E-state index contributed by atoms with van der Waals surface area (Å²) in [7, 11) is 1.71. The van der Waals surface area contributed by atoms with E-state index in [0.717, 1.165) is 5.56 Å². The molecule has 1 aliphatic rings. The lowest BCUT2D eigenvalue weighted by Crippen LogP contribution is -2.41. The van der Waals surface area contributed by atoms with E-state index in [1.165, 1.54) is 15.8 Å². The fourth-order valence-corrected chi connectivity index (χ4v) is 4.45. The van der Waals surface area contributed by atoms with Crippen LogP contribution in [0.2, 0.25) is 0 Å². The third-order valence-electron chi connectivity index (χ3n) is 6.06. The predicted molar refractivity (Wildman–Crippen MR) is 123 cm³/mol. The lowest BCUT2D eigenvalue weighted by molar-refractivity contribution is 0.0523. The average molecular weight is 441 g/mol. The van der Waals surface area contributed by atoms with Crippen LogP contribution >= 0.6 is 0 Å². The van der Waals surface area contributed by atoms with Gasteiger partial charge >= 0.3 is 0 Å². The number of carbonyl (C=O) groups excluding carboxylic acids is 2. The van der Waals surface area contributed by atoms with Crippen molar-refractivity contribution in [2.75, 3.05) is 0 Å². The summed E-state index contributed by atoms with van der Waals surface area (Å²) in [5.41, 5.74) is 1.81. The molecule has 166 valence electrons. The lowest BCUT2D eigenvalue weighted by atomic mass is 10.0. The Kier molecular flexibility index (Phi) is 4.92. The molecule has 0 N–H and O–H groups in total. The van der Waals surface area contributed by atoms with E-state index in [1.807, 2.05) is 44.2 Å². The molecule has 8 nitrogen and oxygen atoms in total. The standard InChI is InChI=1S/C25H23N5O3/c1-15(2)20(30-24(32)17-11-7-8-12-18(17)25(30)33)22-27-21-19(13-26-28(21)3)23(31)29(22)14-16-9-5-4-6-10-16/h4-13,15,20H,14H2,1-3H3. The summed E-state index contributed by atoms with van der Waals surface area (Å²) >= 11 is 0. The van der Waals surface area contributed by atoms with Crippen molar-refractivity contribution in [1.29, 1.82) is 0 Å². The van der Waals surface area contributed by atoms with Gasteiger partial charge in [-0.2, -0.15) is 5.10 Å². The highest BCUT2D eigenvalue weighted by atomic mass is 16.2. The van der Waals surface area contributed by atoms with Crippen LogP contribution in [0, 0.1) is 5.92 Å². The van der Waals surface area contributed by atoms with Gasteiger partial charge in [0.05, 0.1) is 23.9 Å². The van der Waals surface area contributed by atoms with Crippen molar-refractivity contribution in [1.82, 2.24) is 24.2 Å². The first-order chi connectivity index (χ1) is 15.9. The minimum absolute atomic E-state index is 0.188. The van der Waals surface area contributed by atoms with E-state index >= 15 is 0 Å². The number of nitrogens with zero attached hydrogens (tertiary/aromatic N) is 5. The quantitative estimate of drug-likeness (QED) is 0.444. The fourth-order valence-electron chi connectivity index (χ4n) is 4.45. The molecule has 4 aromatic rings. The highest BCUT2D eigenvalue weighted by Gasteiger charge is 2.43. The van der Waals surface area contributed by atoms with Crippen molar-refractivity contribution < 1.29 is 9.59 Å². The van der Waals surface area contributed by atoms with Gasteiger partial charge in [-0.15, -0.1) is 0 Å². The van der Waals surface area contributed by atoms with Crippen LogP contribution in [0.3, 0.4) is 0 Å². The van der Waals surface area contributed by atoms with Crippen LogP contribution < -0.4 is 5.56 Å². The van der Waals surface area contributed by atoms with Crippen LogP contribution in [0.25, 0.3) is 11.0 Å². The van der Waals surface area contributed by atoms with Gasteiger partial charge in [-0.25, -0.2) is 4.98 Å². The van der Waals surface area contributed by atoms with Gasteiger partial charge in [0.2, 0.25) is 0 Å². The number of rotatable bonds is 5. The first-order valence-corrected chi connectivity index (χ1v) is 10.8. The molecule has 0 aliphatic carbocycles. The lowest BCUT2D eigenvalue weighted by Gasteiger charge is -2.30. The largest absolute Gasteiger partial charge is 0.290 e. The summed E-state index contributed by atoms with van der Waals surface area (Å²) in [5.74, 6) is -0.573. The number of hydrogen-bond donors (Lipinski definition) is 0. The van der Waals surface area contributed by atoms with Crippen LogP contribution in [0.15, 0.2) is 65.6 Å². The molecular formula is C25H23N5O3. The Morgan fingerprint density at radius 2 is 1.48 bits per heavy atom. The van der Waals surface area contributed by atoms with Gasteiger partial charge in [0.1, 0.15) is 17.3 Å². The predicted octanol–water partition coefficient (Wildman–Crippen LogP) is 3.17. The van der Waals surface area contributed by atoms with E-state index in [2.05, 4.69) is 5.10 Å². The van der Waals surface area contributed by atoms with Crippen LogP contribution in [-0.2, 0) is 13.6 Å². The van der Waals surface area contributed by atoms with E-state index < -0.39 is 6.04 Å². The van der Waals surface area contributed by atoms with Crippen LogP contribution in [0.4, 0.5) is 0 Å². The normalized spacial score (nSPS) is 14.4. The fraction of sp³-hybridized carbons (Fsp3) is 0.240. The number of aromatic nitrogens is 4. The van der Waals surface area contributed by atoms with E-state index in [1.54, 1.807) is 35.9 Å². The maximum Gasteiger partial charge on any atom is 0.265 e. The Morgan fingerprint density at radius 3 is 2.09 bits per heavy atom. The average Bonchev–Trinajstić information content (AvgIpc) is 3.30. The summed E-state index contributed by atoms with van der Waals surface area (Å²) < 4.78 is 3.10.